The van der Waals surface area contributed by atoms with E-state index in [1.807, 2.05) is 38.1 Å². The average Bonchev–Trinajstić information content (AvgIpc) is 2.58. The number of nitro benzene ring substituents is 1. The van der Waals surface area contributed by atoms with Crippen molar-refractivity contribution in [2.75, 3.05) is 0 Å². The molecular formula is C19H19N3O3. The molecule has 0 bridgehead atoms. The molecule has 0 saturated heterocycles. The van der Waals surface area contributed by atoms with Crippen molar-refractivity contribution >= 4 is 16.6 Å². The number of hydrogen-bond acceptors (Lipinski definition) is 4. The second-order valence-corrected chi connectivity index (χ2v) is 6.12. The van der Waals surface area contributed by atoms with E-state index in [9.17, 15) is 14.9 Å². The van der Waals surface area contributed by atoms with Gasteiger partial charge in [0.1, 0.15) is 5.82 Å². The minimum absolute atomic E-state index is 0.100. The molecule has 25 heavy (non-hydrogen) atoms. The lowest BCUT2D eigenvalue weighted by molar-refractivity contribution is -0.384. The van der Waals surface area contributed by atoms with Gasteiger partial charge in [-0.3, -0.25) is 19.5 Å². The van der Waals surface area contributed by atoms with Crippen molar-refractivity contribution in [3.05, 3.63) is 79.9 Å². The molecule has 0 N–H and O–H groups in total. The zero-order valence-corrected chi connectivity index (χ0v) is 14.2. The van der Waals surface area contributed by atoms with E-state index in [2.05, 4.69) is 4.98 Å². The fraction of sp³-hybridized carbons (Fsp3) is 0.263. The molecular weight excluding hydrogens is 318 g/mol. The van der Waals surface area contributed by atoms with Crippen molar-refractivity contribution in [1.29, 1.82) is 0 Å². The van der Waals surface area contributed by atoms with Crippen molar-refractivity contribution in [1.82, 2.24) is 9.55 Å². The first-order valence-electron chi connectivity index (χ1n) is 8.23. The maximum atomic E-state index is 13.0. The summed E-state index contributed by atoms with van der Waals surface area (Å²) in [5.41, 5.74) is 2.29. The molecule has 0 fully saturated rings. The largest absolute Gasteiger partial charge is 0.292 e. The Labute approximate surface area is 144 Å². The first-order valence-corrected chi connectivity index (χ1v) is 8.23. The van der Waals surface area contributed by atoms with Gasteiger partial charge in [0.2, 0.25) is 0 Å². The molecule has 0 amide bonds. The van der Waals surface area contributed by atoms with Crippen LogP contribution in [-0.4, -0.2) is 14.5 Å². The quantitative estimate of drug-likeness (QED) is 0.526. The highest BCUT2D eigenvalue weighted by Gasteiger charge is 2.14. The number of non-ortho nitro benzene ring substituents is 1. The molecule has 3 aromatic rings. The second kappa shape index (κ2) is 6.84. The Morgan fingerprint density at radius 3 is 2.68 bits per heavy atom. The van der Waals surface area contributed by atoms with Crippen LogP contribution in [0.15, 0.2) is 47.3 Å². The van der Waals surface area contributed by atoms with E-state index >= 15 is 0 Å². The van der Waals surface area contributed by atoms with E-state index in [1.165, 1.54) is 12.1 Å². The van der Waals surface area contributed by atoms with Crippen LogP contribution in [0.2, 0.25) is 0 Å². The molecule has 128 valence electrons. The SMILES string of the molecule is CCCc1nc2ccc([N+](=O)[O-])cc2c(=O)n1Cc1cccc(C)c1. The number of hydrogen-bond donors (Lipinski definition) is 0. The number of aryl methyl sites for hydroxylation is 2. The zero-order valence-electron chi connectivity index (χ0n) is 14.2. The van der Waals surface area contributed by atoms with Crippen molar-refractivity contribution in [2.45, 2.75) is 33.2 Å². The minimum Gasteiger partial charge on any atom is -0.292 e. The van der Waals surface area contributed by atoms with Crippen molar-refractivity contribution in [2.24, 2.45) is 0 Å². The molecule has 0 aliphatic rings. The van der Waals surface area contributed by atoms with Crippen LogP contribution in [0.25, 0.3) is 10.9 Å². The van der Waals surface area contributed by atoms with Crippen molar-refractivity contribution in [3.8, 4) is 0 Å². The Hall–Kier alpha value is -3.02. The molecule has 1 heterocycles. The lowest BCUT2D eigenvalue weighted by Gasteiger charge is -2.13. The number of benzene rings is 2. The lowest BCUT2D eigenvalue weighted by Crippen LogP contribution is -2.26. The van der Waals surface area contributed by atoms with E-state index in [1.54, 1.807) is 10.6 Å². The van der Waals surface area contributed by atoms with Crippen LogP contribution >= 0.6 is 0 Å². The fourth-order valence-corrected chi connectivity index (χ4v) is 2.94. The minimum atomic E-state index is -0.496. The molecule has 0 aliphatic carbocycles. The molecule has 1 aromatic heterocycles. The molecule has 0 atom stereocenters. The van der Waals surface area contributed by atoms with Crippen LogP contribution in [0.3, 0.4) is 0 Å². The normalized spacial score (nSPS) is 11.0. The summed E-state index contributed by atoms with van der Waals surface area (Å²) >= 11 is 0. The van der Waals surface area contributed by atoms with Gasteiger partial charge in [0, 0.05) is 18.6 Å². The summed E-state index contributed by atoms with van der Waals surface area (Å²) in [6.07, 6.45) is 1.53. The highest BCUT2D eigenvalue weighted by molar-refractivity contribution is 5.80. The smallest absolute Gasteiger partial charge is 0.270 e. The van der Waals surface area contributed by atoms with Crippen LogP contribution in [0.1, 0.15) is 30.3 Å². The van der Waals surface area contributed by atoms with Gasteiger partial charge in [-0.25, -0.2) is 4.98 Å². The van der Waals surface area contributed by atoms with E-state index in [-0.39, 0.29) is 16.6 Å². The number of nitrogens with zero attached hydrogens (tertiary/aromatic N) is 3. The first-order chi connectivity index (χ1) is 12.0. The number of nitro groups is 1. The highest BCUT2D eigenvalue weighted by atomic mass is 16.6. The summed E-state index contributed by atoms with van der Waals surface area (Å²) in [5, 5.41) is 11.3. The van der Waals surface area contributed by atoms with E-state index < -0.39 is 4.92 Å². The van der Waals surface area contributed by atoms with Crippen LogP contribution in [0.5, 0.6) is 0 Å². The van der Waals surface area contributed by atoms with E-state index in [0.29, 0.717) is 24.3 Å². The van der Waals surface area contributed by atoms with Gasteiger partial charge < -0.3 is 0 Å². The Balaban J connectivity index is 2.19. The van der Waals surface area contributed by atoms with Gasteiger partial charge in [0.25, 0.3) is 11.2 Å². The Kier molecular flexibility index (Phi) is 4.61. The summed E-state index contributed by atoms with van der Waals surface area (Å²) in [6, 6.07) is 12.2. The summed E-state index contributed by atoms with van der Waals surface area (Å²) < 4.78 is 1.63. The van der Waals surface area contributed by atoms with Crippen LogP contribution in [0, 0.1) is 17.0 Å². The van der Waals surface area contributed by atoms with Crippen LogP contribution in [0.4, 0.5) is 5.69 Å². The third-order valence-electron chi connectivity index (χ3n) is 4.12. The topological polar surface area (TPSA) is 78.0 Å². The second-order valence-electron chi connectivity index (χ2n) is 6.12. The summed E-state index contributed by atoms with van der Waals surface area (Å²) in [5.74, 6) is 0.704. The number of aromatic nitrogens is 2. The first kappa shape index (κ1) is 16.8. The number of rotatable bonds is 5. The van der Waals surface area contributed by atoms with Crippen molar-refractivity contribution in [3.63, 3.8) is 0 Å². The highest BCUT2D eigenvalue weighted by Crippen LogP contribution is 2.18. The molecule has 0 saturated carbocycles. The van der Waals surface area contributed by atoms with Gasteiger partial charge in [0.05, 0.1) is 22.4 Å². The number of fused-ring (bicyclic) bond motifs is 1. The van der Waals surface area contributed by atoms with Gasteiger partial charge in [0.15, 0.2) is 0 Å². The Morgan fingerprint density at radius 2 is 2.00 bits per heavy atom. The molecule has 0 spiro atoms. The molecule has 6 heteroatoms. The van der Waals surface area contributed by atoms with Gasteiger partial charge in [-0.2, -0.15) is 0 Å². The third-order valence-corrected chi connectivity index (χ3v) is 4.12. The lowest BCUT2D eigenvalue weighted by atomic mass is 10.1. The molecule has 3 rings (SSSR count). The summed E-state index contributed by atoms with van der Waals surface area (Å²) in [4.78, 5) is 28.1. The zero-order chi connectivity index (χ0) is 18.0. The van der Waals surface area contributed by atoms with Crippen molar-refractivity contribution < 1.29 is 4.92 Å². The molecule has 0 radical (unpaired) electrons. The standard InChI is InChI=1S/C19H19N3O3/c1-3-5-18-20-17-9-8-15(22(24)25)11-16(17)19(23)21(18)12-14-7-4-6-13(2)10-14/h4,6-11H,3,5,12H2,1-2H3. The maximum absolute atomic E-state index is 13.0. The third kappa shape index (κ3) is 3.42. The molecule has 6 nitrogen and oxygen atoms in total. The summed E-state index contributed by atoms with van der Waals surface area (Å²) in [6.45, 7) is 4.44. The van der Waals surface area contributed by atoms with Crippen LogP contribution in [-0.2, 0) is 13.0 Å². The summed E-state index contributed by atoms with van der Waals surface area (Å²) in [7, 11) is 0. The van der Waals surface area contributed by atoms with Gasteiger partial charge in [-0.1, -0.05) is 36.8 Å². The monoisotopic (exact) mass is 337 g/mol. The van der Waals surface area contributed by atoms with Crippen LogP contribution < -0.4 is 5.56 Å². The van der Waals surface area contributed by atoms with E-state index in [0.717, 1.165) is 17.5 Å². The van der Waals surface area contributed by atoms with Gasteiger partial charge in [-0.15, -0.1) is 0 Å². The fourth-order valence-electron chi connectivity index (χ4n) is 2.94. The Morgan fingerprint density at radius 1 is 1.20 bits per heavy atom. The van der Waals surface area contributed by atoms with E-state index in [4.69, 9.17) is 0 Å². The maximum Gasteiger partial charge on any atom is 0.270 e. The molecule has 2 aromatic carbocycles. The predicted molar refractivity (Wildman–Crippen MR) is 96.9 cm³/mol. The Bertz CT molecular complexity index is 1010. The average molecular weight is 337 g/mol. The van der Waals surface area contributed by atoms with Gasteiger partial charge >= 0.3 is 0 Å². The van der Waals surface area contributed by atoms with Gasteiger partial charge in [-0.05, 0) is 25.0 Å². The molecule has 0 aliphatic heterocycles. The molecule has 0 unspecified atom stereocenters. The predicted octanol–water partition coefficient (Wildman–Crippen LogP) is 3.61.